The first-order chi connectivity index (χ1) is 10.3. The van der Waals surface area contributed by atoms with Crippen LogP contribution in [0.3, 0.4) is 0 Å². The number of nitriles is 1. The Morgan fingerprint density at radius 2 is 2.33 bits per heavy atom. The Morgan fingerprint density at radius 1 is 1.52 bits per heavy atom. The smallest absolute Gasteiger partial charge is 0.263 e. The van der Waals surface area contributed by atoms with E-state index >= 15 is 0 Å². The average Bonchev–Trinajstić information content (AvgIpc) is 3.00. The number of carbonyl (C=O) groups is 1. The van der Waals surface area contributed by atoms with Crippen molar-refractivity contribution in [3.05, 3.63) is 11.8 Å². The number of nitrogens with one attached hydrogen (secondary N) is 2. The molecule has 1 heterocycles. The Kier molecular flexibility index (Phi) is 9.33. The summed E-state index contributed by atoms with van der Waals surface area (Å²) < 4.78 is 5.40. The van der Waals surface area contributed by atoms with Gasteiger partial charge >= 0.3 is 0 Å². The summed E-state index contributed by atoms with van der Waals surface area (Å²) in [5.74, 6) is 0.560. The Hall–Kier alpha value is -1.52. The molecule has 0 aromatic carbocycles. The van der Waals surface area contributed by atoms with Crippen LogP contribution in [-0.2, 0) is 9.53 Å². The summed E-state index contributed by atoms with van der Waals surface area (Å²) in [5, 5.41) is 15.3. The fraction of sp³-hybridized carbons (Fsp3) is 0.643. The van der Waals surface area contributed by atoms with Gasteiger partial charge in [0.25, 0.3) is 5.91 Å². The maximum absolute atomic E-state index is 11.8. The Balaban J connectivity index is 2.19. The van der Waals surface area contributed by atoms with Gasteiger partial charge in [0.2, 0.25) is 0 Å². The molecule has 0 unspecified atom stereocenters. The SMILES string of the molecule is CCCCOCCCNC(=O)/C(C#N)=C\NC1=NCCS1. The molecule has 1 aliphatic rings. The van der Waals surface area contributed by atoms with Crippen LogP contribution in [-0.4, -0.2) is 43.1 Å². The lowest BCUT2D eigenvalue weighted by Gasteiger charge is -2.05. The number of thioether (sulfide) groups is 1. The third-order valence-corrected chi connectivity index (χ3v) is 3.59. The zero-order valence-corrected chi connectivity index (χ0v) is 13.2. The van der Waals surface area contributed by atoms with E-state index in [1.165, 1.54) is 6.20 Å². The molecule has 1 amide bonds. The van der Waals surface area contributed by atoms with E-state index in [1.807, 2.05) is 6.07 Å². The minimum Gasteiger partial charge on any atom is -0.381 e. The molecule has 0 bridgehead atoms. The van der Waals surface area contributed by atoms with Crippen LogP contribution < -0.4 is 10.6 Å². The number of amides is 1. The van der Waals surface area contributed by atoms with Crippen molar-refractivity contribution in [3.8, 4) is 6.07 Å². The molecule has 0 aromatic heterocycles. The summed E-state index contributed by atoms with van der Waals surface area (Å²) in [5.41, 5.74) is 0.0529. The number of rotatable bonds is 9. The van der Waals surface area contributed by atoms with Gasteiger partial charge in [0.05, 0.1) is 6.54 Å². The zero-order valence-electron chi connectivity index (χ0n) is 12.4. The molecule has 6 nitrogen and oxygen atoms in total. The van der Waals surface area contributed by atoms with E-state index in [1.54, 1.807) is 11.8 Å². The van der Waals surface area contributed by atoms with Crippen molar-refractivity contribution in [1.29, 1.82) is 5.26 Å². The first-order valence-corrected chi connectivity index (χ1v) is 8.16. The molecule has 0 spiro atoms. The van der Waals surface area contributed by atoms with Crippen LogP contribution in [0.2, 0.25) is 0 Å². The number of carbonyl (C=O) groups excluding carboxylic acids is 1. The van der Waals surface area contributed by atoms with Crippen LogP contribution in [0.5, 0.6) is 0 Å². The number of nitrogens with zero attached hydrogens (tertiary/aromatic N) is 2. The lowest BCUT2D eigenvalue weighted by molar-refractivity contribution is -0.117. The molecule has 0 radical (unpaired) electrons. The third-order valence-electron chi connectivity index (χ3n) is 2.68. The maximum atomic E-state index is 11.8. The van der Waals surface area contributed by atoms with Crippen molar-refractivity contribution in [1.82, 2.24) is 10.6 Å². The Morgan fingerprint density at radius 3 is 3.00 bits per heavy atom. The van der Waals surface area contributed by atoms with Crippen molar-refractivity contribution in [2.24, 2.45) is 4.99 Å². The fourth-order valence-electron chi connectivity index (χ4n) is 1.52. The molecule has 1 rings (SSSR count). The predicted octanol–water partition coefficient (Wildman–Crippen LogP) is 1.41. The summed E-state index contributed by atoms with van der Waals surface area (Å²) in [4.78, 5) is 16.0. The average molecular weight is 310 g/mol. The molecular weight excluding hydrogens is 288 g/mol. The minimum absolute atomic E-state index is 0.0529. The van der Waals surface area contributed by atoms with Gasteiger partial charge in [0.15, 0.2) is 5.17 Å². The molecule has 1 aliphatic heterocycles. The molecule has 21 heavy (non-hydrogen) atoms. The third kappa shape index (κ3) is 7.73. The van der Waals surface area contributed by atoms with Gasteiger partial charge in [-0.3, -0.25) is 9.79 Å². The second kappa shape index (κ2) is 11.2. The molecule has 0 aromatic rings. The fourth-order valence-corrected chi connectivity index (χ4v) is 2.23. The summed E-state index contributed by atoms with van der Waals surface area (Å²) in [6.07, 6.45) is 4.32. The molecule has 0 atom stereocenters. The number of unbranched alkanes of at least 4 members (excludes halogenated alkanes) is 1. The van der Waals surface area contributed by atoms with E-state index < -0.39 is 0 Å². The predicted molar refractivity (Wildman–Crippen MR) is 84.9 cm³/mol. The number of hydrogen-bond donors (Lipinski definition) is 2. The Labute approximate surface area is 130 Å². The van der Waals surface area contributed by atoms with Gasteiger partial charge in [0.1, 0.15) is 11.6 Å². The highest BCUT2D eigenvalue weighted by molar-refractivity contribution is 8.14. The van der Waals surface area contributed by atoms with E-state index in [2.05, 4.69) is 22.5 Å². The minimum atomic E-state index is -0.373. The van der Waals surface area contributed by atoms with Gasteiger partial charge < -0.3 is 15.4 Å². The zero-order chi connectivity index (χ0) is 15.3. The number of amidine groups is 1. The van der Waals surface area contributed by atoms with Crippen molar-refractivity contribution in [2.75, 3.05) is 32.1 Å². The second-order valence-electron chi connectivity index (χ2n) is 4.42. The van der Waals surface area contributed by atoms with E-state index in [0.717, 1.165) is 43.3 Å². The molecule has 0 saturated carbocycles. The summed E-state index contributed by atoms with van der Waals surface area (Å²) in [6.45, 7) is 4.77. The van der Waals surface area contributed by atoms with Crippen molar-refractivity contribution in [2.45, 2.75) is 26.2 Å². The molecule has 7 heteroatoms. The van der Waals surface area contributed by atoms with Crippen LogP contribution >= 0.6 is 11.8 Å². The molecule has 116 valence electrons. The first-order valence-electron chi connectivity index (χ1n) is 7.18. The molecule has 0 aliphatic carbocycles. The van der Waals surface area contributed by atoms with E-state index in [-0.39, 0.29) is 11.5 Å². The number of aliphatic imine (C=N–C) groups is 1. The summed E-state index contributed by atoms with van der Waals surface area (Å²) in [6, 6.07) is 1.89. The largest absolute Gasteiger partial charge is 0.381 e. The van der Waals surface area contributed by atoms with Crippen LogP contribution in [0.25, 0.3) is 0 Å². The second-order valence-corrected chi connectivity index (χ2v) is 5.51. The summed E-state index contributed by atoms with van der Waals surface area (Å²) in [7, 11) is 0. The van der Waals surface area contributed by atoms with Gasteiger partial charge in [-0.1, -0.05) is 25.1 Å². The van der Waals surface area contributed by atoms with Gasteiger partial charge in [0, 0.05) is 31.7 Å². The van der Waals surface area contributed by atoms with Gasteiger partial charge in [-0.05, 0) is 12.8 Å². The van der Waals surface area contributed by atoms with Crippen LogP contribution in [0.15, 0.2) is 16.8 Å². The summed E-state index contributed by atoms with van der Waals surface area (Å²) >= 11 is 1.57. The maximum Gasteiger partial charge on any atom is 0.263 e. The molecule has 0 fully saturated rings. The monoisotopic (exact) mass is 310 g/mol. The topological polar surface area (TPSA) is 86.5 Å². The van der Waals surface area contributed by atoms with E-state index in [0.29, 0.717) is 13.2 Å². The van der Waals surface area contributed by atoms with E-state index in [4.69, 9.17) is 10.00 Å². The molecule has 2 N–H and O–H groups in total. The van der Waals surface area contributed by atoms with Crippen LogP contribution in [0.4, 0.5) is 0 Å². The molecular formula is C14H22N4O2S. The van der Waals surface area contributed by atoms with Gasteiger partial charge in [-0.25, -0.2) is 0 Å². The highest BCUT2D eigenvalue weighted by Crippen LogP contribution is 2.08. The standard InChI is InChI=1S/C14H22N4O2S/c1-2-3-7-20-8-4-5-16-13(19)12(10-15)11-18-14-17-6-9-21-14/h11H,2-9H2,1H3,(H,16,19)(H,17,18)/b12-11-. The van der Waals surface area contributed by atoms with Crippen LogP contribution in [0, 0.1) is 11.3 Å². The first kappa shape index (κ1) is 17.5. The van der Waals surface area contributed by atoms with Gasteiger partial charge in [-0.15, -0.1) is 0 Å². The quantitative estimate of drug-likeness (QED) is 0.382. The number of hydrogen-bond acceptors (Lipinski definition) is 6. The van der Waals surface area contributed by atoms with Crippen molar-refractivity contribution in [3.63, 3.8) is 0 Å². The molecule has 0 saturated heterocycles. The van der Waals surface area contributed by atoms with Crippen molar-refractivity contribution < 1.29 is 9.53 Å². The highest BCUT2D eigenvalue weighted by Gasteiger charge is 2.10. The number of ether oxygens (including phenoxy) is 1. The lowest BCUT2D eigenvalue weighted by atomic mass is 10.3. The van der Waals surface area contributed by atoms with Gasteiger partial charge in [-0.2, -0.15) is 5.26 Å². The van der Waals surface area contributed by atoms with Crippen LogP contribution in [0.1, 0.15) is 26.2 Å². The normalized spacial score (nSPS) is 14.5. The van der Waals surface area contributed by atoms with E-state index in [9.17, 15) is 4.79 Å². The lowest BCUT2D eigenvalue weighted by Crippen LogP contribution is -2.27. The van der Waals surface area contributed by atoms with Crippen molar-refractivity contribution >= 4 is 22.8 Å². The Bertz CT molecular complexity index is 429. The highest BCUT2D eigenvalue weighted by atomic mass is 32.2.